The number of aromatic nitrogens is 1. The van der Waals surface area contributed by atoms with Crippen LogP contribution in [0.25, 0.3) is 0 Å². The molecule has 0 aliphatic heterocycles. The Bertz CT molecular complexity index is 795. The van der Waals surface area contributed by atoms with Crippen LogP contribution in [0.3, 0.4) is 0 Å². The first-order valence-electron chi connectivity index (χ1n) is 9.53. The number of nitrogens with one attached hydrogen (secondary N) is 1. The summed E-state index contributed by atoms with van der Waals surface area (Å²) in [7, 11) is 5.34. The number of rotatable bonds is 8. The van der Waals surface area contributed by atoms with Gasteiger partial charge in [-0.15, -0.1) is 0 Å². The molecule has 2 aromatic rings. The predicted molar refractivity (Wildman–Crippen MR) is 111 cm³/mol. The molecule has 0 spiro atoms. The second-order valence-corrected chi connectivity index (χ2v) is 6.78. The maximum Gasteiger partial charge on any atom is 0.193 e. The normalized spacial score (nSPS) is 11.5. The number of methoxy groups -OCH3 is 2. The van der Waals surface area contributed by atoms with Gasteiger partial charge in [0.2, 0.25) is 0 Å². The Kier molecular flexibility index (Phi) is 7.72. The number of guanidine groups is 1. The van der Waals surface area contributed by atoms with Crippen molar-refractivity contribution in [1.29, 1.82) is 0 Å². The summed E-state index contributed by atoms with van der Waals surface area (Å²) in [5.74, 6) is 3.21. The zero-order chi connectivity index (χ0) is 20.7. The molecule has 1 N–H and O–H groups in total. The van der Waals surface area contributed by atoms with Gasteiger partial charge in [0.1, 0.15) is 5.76 Å². The highest BCUT2D eigenvalue weighted by atomic mass is 16.5. The first-order valence-corrected chi connectivity index (χ1v) is 9.53. The summed E-state index contributed by atoms with van der Waals surface area (Å²) >= 11 is 0. The molecule has 0 saturated heterocycles. The summed E-state index contributed by atoms with van der Waals surface area (Å²) in [6.45, 7) is 10.2. The van der Waals surface area contributed by atoms with E-state index in [0.717, 1.165) is 58.6 Å². The fraction of sp³-hybridized carbons (Fsp3) is 0.524. The number of hydrogen-bond donors (Lipinski definition) is 1. The molecule has 7 heteroatoms. The quantitative estimate of drug-likeness (QED) is 0.553. The van der Waals surface area contributed by atoms with Crippen molar-refractivity contribution in [3.63, 3.8) is 0 Å². The molecule has 0 amide bonds. The molecule has 0 aliphatic rings. The fourth-order valence-electron chi connectivity index (χ4n) is 3.13. The molecular weight excluding hydrogens is 356 g/mol. The molecular formula is C21H32N4O3. The van der Waals surface area contributed by atoms with Crippen molar-refractivity contribution in [3.8, 4) is 11.5 Å². The van der Waals surface area contributed by atoms with E-state index in [1.807, 2.05) is 33.0 Å². The second kappa shape index (κ2) is 10.0. The summed E-state index contributed by atoms with van der Waals surface area (Å²) in [5, 5.41) is 7.37. The molecule has 7 nitrogen and oxygen atoms in total. The van der Waals surface area contributed by atoms with Gasteiger partial charge in [0.05, 0.1) is 19.9 Å². The number of hydrogen-bond acceptors (Lipinski definition) is 5. The Morgan fingerprint density at radius 1 is 1.18 bits per heavy atom. The van der Waals surface area contributed by atoms with Gasteiger partial charge in [0, 0.05) is 32.2 Å². The fourth-order valence-corrected chi connectivity index (χ4v) is 3.13. The number of ether oxygens (including phenoxy) is 2. The Hall–Kier alpha value is -2.70. The maximum absolute atomic E-state index is 5.45. The Morgan fingerprint density at radius 2 is 1.86 bits per heavy atom. The lowest BCUT2D eigenvalue weighted by Crippen LogP contribution is -2.38. The molecule has 0 aliphatic carbocycles. The van der Waals surface area contributed by atoms with Crippen LogP contribution in [-0.2, 0) is 13.0 Å². The largest absolute Gasteiger partial charge is 0.493 e. The average molecular weight is 389 g/mol. The number of nitrogens with zero attached hydrogens (tertiary/aromatic N) is 3. The highest BCUT2D eigenvalue weighted by molar-refractivity contribution is 5.79. The van der Waals surface area contributed by atoms with E-state index in [1.165, 1.54) is 0 Å². The van der Waals surface area contributed by atoms with Gasteiger partial charge in [-0.1, -0.05) is 5.16 Å². The minimum absolute atomic E-state index is 0.667. The van der Waals surface area contributed by atoms with E-state index in [1.54, 1.807) is 14.2 Å². The smallest absolute Gasteiger partial charge is 0.193 e. The standard InChI is InChI=1S/C21H32N4O3/c1-8-22-21(23-10-9-18-15(3)24-28-16(18)4)25(5)13-17-12-20(27-7)19(26-6)11-14(17)2/h11-12H,8-10,13H2,1-7H3,(H,22,23). The van der Waals surface area contributed by atoms with Crippen molar-refractivity contribution in [2.75, 3.05) is 34.4 Å². The van der Waals surface area contributed by atoms with Crippen molar-refractivity contribution in [2.24, 2.45) is 4.99 Å². The molecule has 1 aromatic heterocycles. The van der Waals surface area contributed by atoms with E-state index < -0.39 is 0 Å². The summed E-state index contributed by atoms with van der Waals surface area (Å²) in [4.78, 5) is 6.89. The van der Waals surface area contributed by atoms with Gasteiger partial charge in [-0.2, -0.15) is 0 Å². The Labute approximate surface area is 167 Å². The predicted octanol–water partition coefficient (Wildman–Crippen LogP) is 3.26. The zero-order valence-electron chi connectivity index (χ0n) is 18.0. The lowest BCUT2D eigenvalue weighted by Gasteiger charge is -2.23. The van der Waals surface area contributed by atoms with Crippen LogP contribution in [0.1, 0.15) is 35.1 Å². The Balaban J connectivity index is 2.13. The molecule has 1 heterocycles. The number of aliphatic imine (C=N–C) groups is 1. The zero-order valence-corrected chi connectivity index (χ0v) is 18.0. The molecule has 2 rings (SSSR count). The SMILES string of the molecule is CCNC(=NCCc1c(C)noc1C)N(C)Cc1cc(OC)c(OC)cc1C. The van der Waals surface area contributed by atoms with Gasteiger partial charge in [-0.3, -0.25) is 4.99 Å². The molecule has 0 bridgehead atoms. The van der Waals surface area contributed by atoms with Gasteiger partial charge in [-0.25, -0.2) is 0 Å². The van der Waals surface area contributed by atoms with Gasteiger partial charge >= 0.3 is 0 Å². The lowest BCUT2D eigenvalue weighted by molar-refractivity contribution is 0.353. The molecule has 154 valence electrons. The van der Waals surface area contributed by atoms with Crippen LogP contribution >= 0.6 is 0 Å². The monoisotopic (exact) mass is 388 g/mol. The minimum Gasteiger partial charge on any atom is -0.493 e. The third-order valence-electron chi connectivity index (χ3n) is 4.75. The van der Waals surface area contributed by atoms with Gasteiger partial charge in [0.15, 0.2) is 17.5 Å². The van der Waals surface area contributed by atoms with Crippen molar-refractivity contribution in [2.45, 2.75) is 40.7 Å². The molecule has 0 fully saturated rings. The summed E-state index contributed by atoms with van der Waals surface area (Å²) in [5.41, 5.74) is 4.39. The van der Waals surface area contributed by atoms with Crippen molar-refractivity contribution in [3.05, 3.63) is 40.3 Å². The first kappa shape index (κ1) is 21.6. The molecule has 0 radical (unpaired) electrons. The van der Waals surface area contributed by atoms with Crippen molar-refractivity contribution < 1.29 is 14.0 Å². The van der Waals surface area contributed by atoms with Crippen molar-refractivity contribution in [1.82, 2.24) is 15.4 Å². The van der Waals surface area contributed by atoms with Gasteiger partial charge < -0.3 is 24.2 Å². The van der Waals surface area contributed by atoms with E-state index in [0.29, 0.717) is 13.1 Å². The van der Waals surface area contributed by atoms with E-state index in [9.17, 15) is 0 Å². The van der Waals surface area contributed by atoms with Gasteiger partial charge in [0.25, 0.3) is 0 Å². The van der Waals surface area contributed by atoms with Crippen LogP contribution in [0.4, 0.5) is 0 Å². The van der Waals surface area contributed by atoms with Crippen LogP contribution in [0.2, 0.25) is 0 Å². The van der Waals surface area contributed by atoms with Crippen LogP contribution in [0.5, 0.6) is 11.5 Å². The third kappa shape index (κ3) is 5.18. The minimum atomic E-state index is 0.667. The van der Waals surface area contributed by atoms with Crippen molar-refractivity contribution >= 4 is 5.96 Å². The topological polar surface area (TPSA) is 72.1 Å². The molecule has 1 aromatic carbocycles. The highest BCUT2D eigenvalue weighted by Crippen LogP contribution is 2.30. The first-order chi connectivity index (χ1) is 13.4. The van der Waals surface area contributed by atoms with E-state index >= 15 is 0 Å². The Morgan fingerprint density at radius 3 is 2.43 bits per heavy atom. The maximum atomic E-state index is 5.45. The summed E-state index contributed by atoms with van der Waals surface area (Å²) < 4.78 is 16.1. The van der Waals surface area contributed by atoms with Crippen LogP contribution in [0, 0.1) is 20.8 Å². The number of aryl methyl sites for hydroxylation is 3. The molecule has 28 heavy (non-hydrogen) atoms. The third-order valence-corrected chi connectivity index (χ3v) is 4.75. The van der Waals surface area contributed by atoms with E-state index in [4.69, 9.17) is 19.0 Å². The average Bonchev–Trinajstić information content (AvgIpc) is 3.00. The van der Waals surface area contributed by atoms with E-state index in [-0.39, 0.29) is 0 Å². The summed E-state index contributed by atoms with van der Waals surface area (Å²) in [6, 6.07) is 4.03. The highest BCUT2D eigenvalue weighted by Gasteiger charge is 2.13. The molecule has 0 atom stereocenters. The summed E-state index contributed by atoms with van der Waals surface area (Å²) in [6.07, 6.45) is 0.805. The molecule has 0 unspecified atom stereocenters. The van der Waals surface area contributed by atoms with Crippen LogP contribution in [-0.4, -0.2) is 50.4 Å². The second-order valence-electron chi connectivity index (χ2n) is 6.78. The van der Waals surface area contributed by atoms with Gasteiger partial charge in [-0.05, 0) is 57.4 Å². The van der Waals surface area contributed by atoms with Crippen LogP contribution < -0.4 is 14.8 Å². The number of benzene rings is 1. The van der Waals surface area contributed by atoms with Crippen LogP contribution in [0.15, 0.2) is 21.6 Å². The molecule has 0 saturated carbocycles. The lowest BCUT2D eigenvalue weighted by atomic mass is 10.1. The van der Waals surface area contributed by atoms with E-state index in [2.05, 4.69) is 29.2 Å².